The second kappa shape index (κ2) is 6.58. The molecule has 0 atom stereocenters. The number of carbonyl (C=O) groups is 1. The summed E-state index contributed by atoms with van der Waals surface area (Å²) in [6.45, 7) is 3.18. The number of ether oxygens (including phenoxy) is 1. The number of carbonyl (C=O) groups excluding carboxylic acids is 1. The van der Waals surface area contributed by atoms with Gasteiger partial charge >= 0.3 is 0 Å². The summed E-state index contributed by atoms with van der Waals surface area (Å²) in [4.78, 5) is 11.5. The lowest BCUT2D eigenvalue weighted by atomic mass is 10.2. The average molecular weight is 259 g/mol. The van der Waals surface area contributed by atoms with E-state index in [0.717, 1.165) is 11.3 Å². The van der Waals surface area contributed by atoms with Crippen molar-refractivity contribution in [1.82, 2.24) is 15.1 Å². The lowest BCUT2D eigenvalue weighted by molar-refractivity contribution is -0.121. The van der Waals surface area contributed by atoms with E-state index in [1.165, 1.54) is 0 Å². The Morgan fingerprint density at radius 3 is 3.05 bits per heavy atom. The van der Waals surface area contributed by atoms with Crippen LogP contribution in [0.2, 0.25) is 0 Å². The van der Waals surface area contributed by atoms with Gasteiger partial charge in [0.25, 0.3) is 0 Å². The van der Waals surface area contributed by atoms with Crippen molar-refractivity contribution in [2.75, 3.05) is 13.2 Å². The number of hydrogen-bond acceptors (Lipinski definition) is 3. The van der Waals surface area contributed by atoms with E-state index in [4.69, 9.17) is 4.74 Å². The van der Waals surface area contributed by atoms with Crippen LogP contribution in [0, 0.1) is 6.92 Å². The quantitative estimate of drug-likeness (QED) is 0.797. The summed E-state index contributed by atoms with van der Waals surface area (Å²) < 4.78 is 7.12. The van der Waals surface area contributed by atoms with Gasteiger partial charge in [-0.25, -0.2) is 0 Å². The van der Waals surface area contributed by atoms with Crippen molar-refractivity contribution in [2.45, 2.75) is 13.5 Å². The van der Waals surface area contributed by atoms with Crippen molar-refractivity contribution < 1.29 is 9.53 Å². The highest BCUT2D eigenvalue weighted by Crippen LogP contribution is 2.11. The topological polar surface area (TPSA) is 56.1 Å². The molecule has 1 N–H and O–H groups in total. The molecule has 5 heteroatoms. The number of nitrogens with zero attached hydrogens (tertiary/aromatic N) is 2. The maximum atomic E-state index is 11.5. The number of hydrogen-bond donors (Lipinski definition) is 1. The van der Waals surface area contributed by atoms with Crippen LogP contribution in [0.1, 0.15) is 5.56 Å². The molecule has 2 aromatic rings. The molecule has 5 nitrogen and oxygen atoms in total. The third kappa shape index (κ3) is 4.46. The summed E-state index contributed by atoms with van der Waals surface area (Å²) in [5, 5.41) is 6.75. The van der Waals surface area contributed by atoms with Gasteiger partial charge in [0.15, 0.2) is 0 Å². The van der Waals surface area contributed by atoms with Crippen LogP contribution in [0.5, 0.6) is 5.75 Å². The number of aryl methyl sites for hydroxylation is 1. The first-order valence-corrected chi connectivity index (χ1v) is 6.17. The molecule has 2 rings (SSSR count). The molecule has 0 unspecified atom stereocenters. The van der Waals surface area contributed by atoms with Crippen LogP contribution in [0.4, 0.5) is 0 Å². The van der Waals surface area contributed by atoms with Gasteiger partial charge in [-0.05, 0) is 30.7 Å². The van der Waals surface area contributed by atoms with Gasteiger partial charge in [0, 0.05) is 12.4 Å². The van der Waals surface area contributed by atoms with Crippen LogP contribution in [-0.2, 0) is 11.3 Å². The summed E-state index contributed by atoms with van der Waals surface area (Å²) in [6, 6.07) is 9.61. The molecule has 1 aromatic heterocycles. The van der Waals surface area contributed by atoms with Crippen LogP contribution in [0.25, 0.3) is 0 Å². The largest absolute Gasteiger partial charge is 0.492 e. The van der Waals surface area contributed by atoms with Crippen LogP contribution in [0.15, 0.2) is 42.7 Å². The monoisotopic (exact) mass is 259 g/mol. The van der Waals surface area contributed by atoms with E-state index in [0.29, 0.717) is 13.2 Å². The molecule has 19 heavy (non-hydrogen) atoms. The minimum atomic E-state index is -0.0726. The SMILES string of the molecule is Cc1cccc(OCCNC(=O)Cn2cccn2)c1. The van der Waals surface area contributed by atoms with Crippen molar-refractivity contribution in [1.29, 1.82) is 0 Å². The van der Waals surface area contributed by atoms with E-state index in [1.807, 2.05) is 31.2 Å². The van der Waals surface area contributed by atoms with Crippen molar-refractivity contribution in [2.24, 2.45) is 0 Å². The van der Waals surface area contributed by atoms with E-state index >= 15 is 0 Å². The molecule has 100 valence electrons. The average Bonchev–Trinajstić information content (AvgIpc) is 2.87. The maximum Gasteiger partial charge on any atom is 0.241 e. The Morgan fingerprint density at radius 2 is 2.32 bits per heavy atom. The Morgan fingerprint density at radius 1 is 1.42 bits per heavy atom. The predicted molar refractivity (Wildman–Crippen MR) is 71.9 cm³/mol. The molecule has 0 aliphatic rings. The van der Waals surface area contributed by atoms with Gasteiger partial charge in [0.1, 0.15) is 18.9 Å². The molecular weight excluding hydrogens is 242 g/mol. The number of rotatable bonds is 6. The smallest absolute Gasteiger partial charge is 0.241 e. The molecule has 0 saturated heterocycles. The maximum absolute atomic E-state index is 11.5. The van der Waals surface area contributed by atoms with E-state index in [1.54, 1.807) is 23.1 Å². The van der Waals surface area contributed by atoms with E-state index in [9.17, 15) is 4.79 Å². The van der Waals surface area contributed by atoms with Gasteiger partial charge in [0.05, 0.1) is 6.54 Å². The predicted octanol–water partition coefficient (Wildman–Crippen LogP) is 1.39. The molecular formula is C14H17N3O2. The molecule has 0 bridgehead atoms. The summed E-state index contributed by atoms with van der Waals surface area (Å²) in [5.74, 6) is 0.748. The van der Waals surface area contributed by atoms with Crippen LogP contribution < -0.4 is 10.1 Å². The van der Waals surface area contributed by atoms with Gasteiger partial charge < -0.3 is 10.1 Å². The third-order valence-electron chi connectivity index (χ3n) is 2.55. The Bertz CT molecular complexity index is 523. The second-order valence-corrected chi connectivity index (χ2v) is 4.22. The van der Waals surface area contributed by atoms with Crippen LogP contribution >= 0.6 is 0 Å². The first-order chi connectivity index (χ1) is 9.24. The lowest BCUT2D eigenvalue weighted by Crippen LogP contribution is -2.31. The van der Waals surface area contributed by atoms with E-state index in [2.05, 4.69) is 10.4 Å². The fourth-order valence-corrected chi connectivity index (χ4v) is 1.66. The Labute approximate surface area is 112 Å². The summed E-state index contributed by atoms with van der Waals surface area (Å²) in [7, 11) is 0. The highest BCUT2D eigenvalue weighted by atomic mass is 16.5. The zero-order chi connectivity index (χ0) is 13.5. The molecule has 0 radical (unpaired) electrons. The van der Waals surface area contributed by atoms with Crippen molar-refractivity contribution in [3.8, 4) is 5.75 Å². The normalized spacial score (nSPS) is 10.2. The number of nitrogens with one attached hydrogen (secondary N) is 1. The first-order valence-electron chi connectivity index (χ1n) is 6.17. The van der Waals surface area contributed by atoms with Crippen molar-refractivity contribution in [3.05, 3.63) is 48.3 Å². The zero-order valence-corrected chi connectivity index (χ0v) is 10.9. The first kappa shape index (κ1) is 13.1. The molecule has 0 aliphatic heterocycles. The number of benzene rings is 1. The lowest BCUT2D eigenvalue weighted by Gasteiger charge is -2.08. The minimum Gasteiger partial charge on any atom is -0.492 e. The Balaban J connectivity index is 1.65. The molecule has 0 fully saturated rings. The minimum absolute atomic E-state index is 0.0726. The highest BCUT2D eigenvalue weighted by molar-refractivity contribution is 5.75. The molecule has 0 saturated carbocycles. The van der Waals surface area contributed by atoms with Gasteiger partial charge in [-0.3, -0.25) is 9.48 Å². The van der Waals surface area contributed by atoms with Crippen LogP contribution in [-0.4, -0.2) is 28.8 Å². The van der Waals surface area contributed by atoms with Gasteiger partial charge in [0.2, 0.25) is 5.91 Å². The van der Waals surface area contributed by atoms with Crippen molar-refractivity contribution in [3.63, 3.8) is 0 Å². The highest BCUT2D eigenvalue weighted by Gasteiger charge is 2.01. The van der Waals surface area contributed by atoms with Crippen molar-refractivity contribution >= 4 is 5.91 Å². The Hall–Kier alpha value is -2.30. The number of amides is 1. The van der Waals surface area contributed by atoms with Gasteiger partial charge in [-0.15, -0.1) is 0 Å². The molecule has 0 aliphatic carbocycles. The molecule has 1 heterocycles. The molecule has 1 aromatic carbocycles. The summed E-state index contributed by atoms with van der Waals surface area (Å²) in [6.07, 6.45) is 3.40. The van der Waals surface area contributed by atoms with Crippen LogP contribution in [0.3, 0.4) is 0 Å². The van der Waals surface area contributed by atoms with Gasteiger partial charge in [-0.2, -0.15) is 5.10 Å². The Kier molecular flexibility index (Phi) is 4.55. The van der Waals surface area contributed by atoms with Gasteiger partial charge in [-0.1, -0.05) is 12.1 Å². The second-order valence-electron chi connectivity index (χ2n) is 4.22. The fraction of sp³-hybridized carbons (Fsp3) is 0.286. The molecule has 1 amide bonds. The standard InChI is InChI=1S/C14H17N3O2/c1-12-4-2-5-13(10-12)19-9-7-15-14(18)11-17-8-3-6-16-17/h2-6,8,10H,7,9,11H2,1H3,(H,15,18). The summed E-state index contributed by atoms with van der Waals surface area (Å²) in [5.41, 5.74) is 1.15. The van der Waals surface area contributed by atoms with E-state index in [-0.39, 0.29) is 12.5 Å². The summed E-state index contributed by atoms with van der Waals surface area (Å²) >= 11 is 0. The molecule has 0 spiro atoms. The fourth-order valence-electron chi connectivity index (χ4n) is 1.66. The van der Waals surface area contributed by atoms with E-state index < -0.39 is 0 Å². The number of aromatic nitrogens is 2. The third-order valence-corrected chi connectivity index (χ3v) is 2.55. The zero-order valence-electron chi connectivity index (χ0n) is 10.9.